The minimum atomic E-state index is -0.103. The molecule has 1 aromatic rings. The number of hydrogen-bond acceptors (Lipinski definition) is 3. The van der Waals surface area contributed by atoms with Gasteiger partial charge in [0.15, 0.2) is 0 Å². The van der Waals surface area contributed by atoms with Gasteiger partial charge in [-0.2, -0.15) is 0 Å². The van der Waals surface area contributed by atoms with Crippen LogP contribution in [0.25, 0.3) is 0 Å². The van der Waals surface area contributed by atoms with Crippen molar-refractivity contribution in [2.75, 3.05) is 18.5 Å². The van der Waals surface area contributed by atoms with E-state index in [1.165, 1.54) is 0 Å². The van der Waals surface area contributed by atoms with Crippen LogP contribution in [0.5, 0.6) is 0 Å². The lowest BCUT2D eigenvalue weighted by atomic mass is 10.1. The second-order valence-corrected chi connectivity index (χ2v) is 4.49. The van der Waals surface area contributed by atoms with Gasteiger partial charge in [-0.15, -0.1) is 0 Å². The fourth-order valence-corrected chi connectivity index (χ4v) is 1.71. The van der Waals surface area contributed by atoms with Gasteiger partial charge in [-0.3, -0.25) is 4.79 Å². The number of amides is 1. The first-order chi connectivity index (χ1) is 8.65. The van der Waals surface area contributed by atoms with Crippen LogP contribution < -0.4 is 10.6 Å². The summed E-state index contributed by atoms with van der Waals surface area (Å²) in [4.78, 5) is 11.7. The molecule has 0 saturated heterocycles. The van der Waals surface area contributed by atoms with Gasteiger partial charge in [0.05, 0.1) is 6.54 Å². The molecule has 3 N–H and O–H groups in total. The third kappa shape index (κ3) is 5.49. The molecule has 0 heterocycles. The quantitative estimate of drug-likeness (QED) is 0.710. The number of benzene rings is 1. The van der Waals surface area contributed by atoms with E-state index in [-0.39, 0.29) is 25.1 Å². The van der Waals surface area contributed by atoms with Crippen molar-refractivity contribution < 1.29 is 9.90 Å². The van der Waals surface area contributed by atoms with Crippen molar-refractivity contribution >= 4 is 23.2 Å². The van der Waals surface area contributed by atoms with Gasteiger partial charge in [0.2, 0.25) is 5.91 Å². The van der Waals surface area contributed by atoms with E-state index < -0.39 is 0 Å². The number of hydrogen-bond donors (Lipinski definition) is 3. The smallest absolute Gasteiger partial charge is 0.238 e. The molecule has 0 fully saturated rings. The maximum atomic E-state index is 11.7. The SMILES string of the molecule is CCC(CCO)NCC(=O)Nc1ccc(Cl)cc1. The summed E-state index contributed by atoms with van der Waals surface area (Å²) in [6, 6.07) is 7.14. The summed E-state index contributed by atoms with van der Waals surface area (Å²) in [5.74, 6) is -0.103. The number of carbonyl (C=O) groups is 1. The topological polar surface area (TPSA) is 61.4 Å². The van der Waals surface area contributed by atoms with Crippen molar-refractivity contribution in [1.82, 2.24) is 5.32 Å². The standard InChI is InChI=1S/C13H19ClN2O2/c1-2-11(7-8-17)15-9-13(18)16-12-5-3-10(14)4-6-12/h3-6,11,15,17H,2,7-9H2,1H3,(H,16,18). The number of aliphatic hydroxyl groups is 1. The third-order valence-electron chi connectivity index (χ3n) is 2.65. The van der Waals surface area contributed by atoms with E-state index in [1.54, 1.807) is 24.3 Å². The van der Waals surface area contributed by atoms with Gasteiger partial charge >= 0.3 is 0 Å². The molecule has 1 aromatic carbocycles. The minimum absolute atomic E-state index is 0.103. The van der Waals surface area contributed by atoms with Crippen LogP contribution in [0.15, 0.2) is 24.3 Å². The maximum absolute atomic E-state index is 11.7. The molecule has 18 heavy (non-hydrogen) atoms. The maximum Gasteiger partial charge on any atom is 0.238 e. The molecule has 0 bridgehead atoms. The molecular formula is C13H19ClN2O2. The normalized spacial score (nSPS) is 12.2. The summed E-state index contributed by atoms with van der Waals surface area (Å²) in [5, 5.41) is 15.4. The minimum Gasteiger partial charge on any atom is -0.396 e. The summed E-state index contributed by atoms with van der Waals surface area (Å²) in [7, 11) is 0. The number of nitrogens with one attached hydrogen (secondary N) is 2. The number of anilines is 1. The molecule has 0 saturated carbocycles. The average molecular weight is 271 g/mol. The predicted octanol–water partition coefficient (Wildman–Crippen LogP) is 2.03. The fraction of sp³-hybridized carbons (Fsp3) is 0.462. The molecule has 1 atom stereocenters. The molecule has 0 aliphatic carbocycles. The van der Waals surface area contributed by atoms with Gasteiger partial charge in [-0.25, -0.2) is 0 Å². The van der Waals surface area contributed by atoms with E-state index in [2.05, 4.69) is 10.6 Å². The zero-order valence-corrected chi connectivity index (χ0v) is 11.2. The van der Waals surface area contributed by atoms with E-state index in [1.807, 2.05) is 6.92 Å². The first-order valence-corrected chi connectivity index (χ1v) is 6.43. The molecule has 5 heteroatoms. The fourth-order valence-electron chi connectivity index (χ4n) is 1.58. The van der Waals surface area contributed by atoms with Crippen LogP contribution in [0.1, 0.15) is 19.8 Å². The van der Waals surface area contributed by atoms with Crippen LogP contribution in [0.2, 0.25) is 5.02 Å². The molecular weight excluding hydrogens is 252 g/mol. The zero-order chi connectivity index (χ0) is 13.4. The van der Waals surface area contributed by atoms with Crippen molar-refractivity contribution in [3.05, 3.63) is 29.3 Å². The highest BCUT2D eigenvalue weighted by Gasteiger charge is 2.07. The van der Waals surface area contributed by atoms with Crippen LogP contribution in [0.4, 0.5) is 5.69 Å². The molecule has 100 valence electrons. The van der Waals surface area contributed by atoms with Crippen LogP contribution in [0.3, 0.4) is 0 Å². The predicted molar refractivity (Wildman–Crippen MR) is 73.9 cm³/mol. The summed E-state index contributed by atoms with van der Waals surface area (Å²) in [5.41, 5.74) is 0.724. The lowest BCUT2D eigenvalue weighted by Crippen LogP contribution is -2.36. The Labute approximate surface area is 112 Å². The molecule has 0 radical (unpaired) electrons. The first-order valence-electron chi connectivity index (χ1n) is 6.05. The largest absolute Gasteiger partial charge is 0.396 e. The first kappa shape index (κ1) is 15.0. The highest BCUT2D eigenvalue weighted by atomic mass is 35.5. The lowest BCUT2D eigenvalue weighted by Gasteiger charge is -2.15. The number of aliphatic hydroxyl groups excluding tert-OH is 1. The Hall–Kier alpha value is -1.10. The second-order valence-electron chi connectivity index (χ2n) is 4.05. The average Bonchev–Trinajstić information content (AvgIpc) is 2.37. The Morgan fingerprint density at radius 3 is 2.61 bits per heavy atom. The highest BCUT2D eigenvalue weighted by molar-refractivity contribution is 6.30. The van der Waals surface area contributed by atoms with Crippen LogP contribution in [-0.2, 0) is 4.79 Å². The lowest BCUT2D eigenvalue weighted by molar-refractivity contribution is -0.115. The van der Waals surface area contributed by atoms with E-state index in [0.717, 1.165) is 12.1 Å². The van der Waals surface area contributed by atoms with Crippen molar-refractivity contribution in [3.8, 4) is 0 Å². The molecule has 0 aliphatic rings. The summed E-state index contributed by atoms with van der Waals surface area (Å²) in [6.45, 7) is 2.38. The summed E-state index contributed by atoms with van der Waals surface area (Å²) in [6.07, 6.45) is 1.54. The Morgan fingerprint density at radius 2 is 2.06 bits per heavy atom. The highest BCUT2D eigenvalue weighted by Crippen LogP contribution is 2.13. The van der Waals surface area contributed by atoms with Crippen molar-refractivity contribution in [2.45, 2.75) is 25.8 Å². The van der Waals surface area contributed by atoms with Crippen molar-refractivity contribution in [2.24, 2.45) is 0 Å². The summed E-state index contributed by atoms with van der Waals surface area (Å²) >= 11 is 5.76. The molecule has 1 rings (SSSR count). The molecule has 1 unspecified atom stereocenters. The second kappa shape index (κ2) is 8.08. The van der Waals surface area contributed by atoms with Gasteiger partial charge in [0.25, 0.3) is 0 Å². The van der Waals surface area contributed by atoms with Crippen LogP contribution in [0, 0.1) is 0 Å². The van der Waals surface area contributed by atoms with Gasteiger partial charge in [-0.1, -0.05) is 18.5 Å². The molecule has 4 nitrogen and oxygen atoms in total. The number of rotatable bonds is 7. The number of halogens is 1. The van der Waals surface area contributed by atoms with E-state index in [9.17, 15) is 4.79 Å². The Morgan fingerprint density at radius 1 is 1.39 bits per heavy atom. The van der Waals surface area contributed by atoms with Gasteiger partial charge in [0, 0.05) is 23.4 Å². The van der Waals surface area contributed by atoms with E-state index in [0.29, 0.717) is 11.4 Å². The third-order valence-corrected chi connectivity index (χ3v) is 2.90. The Bertz CT molecular complexity index is 368. The van der Waals surface area contributed by atoms with Gasteiger partial charge < -0.3 is 15.7 Å². The molecule has 0 spiro atoms. The monoisotopic (exact) mass is 270 g/mol. The van der Waals surface area contributed by atoms with Crippen molar-refractivity contribution in [1.29, 1.82) is 0 Å². The Kier molecular flexibility index (Phi) is 6.72. The van der Waals surface area contributed by atoms with Crippen molar-refractivity contribution in [3.63, 3.8) is 0 Å². The van der Waals surface area contributed by atoms with Gasteiger partial charge in [-0.05, 0) is 37.1 Å². The number of carbonyl (C=O) groups excluding carboxylic acids is 1. The molecule has 0 aromatic heterocycles. The summed E-state index contributed by atoms with van der Waals surface area (Å²) < 4.78 is 0. The van der Waals surface area contributed by atoms with Crippen LogP contribution >= 0.6 is 11.6 Å². The van der Waals surface area contributed by atoms with Gasteiger partial charge in [0.1, 0.15) is 0 Å². The van der Waals surface area contributed by atoms with Crippen LogP contribution in [-0.4, -0.2) is 30.2 Å². The van der Waals surface area contributed by atoms with E-state index >= 15 is 0 Å². The Balaban J connectivity index is 2.35. The zero-order valence-electron chi connectivity index (χ0n) is 10.4. The molecule has 1 amide bonds. The van der Waals surface area contributed by atoms with E-state index in [4.69, 9.17) is 16.7 Å². The molecule has 0 aliphatic heterocycles.